The number of nitrogens with zero attached hydrogens (tertiary/aromatic N) is 3. The molecule has 0 spiro atoms. The number of nitriles is 1. The molecule has 4 aromatic carbocycles. The van der Waals surface area contributed by atoms with Crippen LogP contribution in [-0.4, -0.2) is 103 Å². The second kappa shape index (κ2) is 19.5. The molecule has 6 rings (SSSR count). The average Bonchev–Trinajstić information content (AvgIpc) is 3.80. The van der Waals surface area contributed by atoms with Crippen LogP contribution in [0.15, 0.2) is 97.1 Å². The first-order valence-corrected chi connectivity index (χ1v) is 25.1. The third kappa shape index (κ3) is 12.2. The highest BCUT2D eigenvalue weighted by Gasteiger charge is 2.37. The summed E-state index contributed by atoms with van der Waals surface area (Å²) in [7, 11) is -10.0. The standard InChI is InChI=1S/C22H31N3O4S2.C22H27N3O2S/c1-5-25-14-21(22(15-25)24-31(28,29)16(2)3)18-11-9-17(10-12-18)19-7-6-8-20(13-19)23-30(4,26)27;1-4-25-14-21(22(15-25)24-28(26,27)16(2)3)20-11-9-19(10-12-20)18-7-5-17(13-23)6-8-18/h6-13,16,21-24H,5,14-15H2,1-4H3;5-12,16,21-22,24H,4,14-15H2,1-3H3/t2*21-,22+/m00/s1. The molecule has 15 heteroatoms. The Morgan fingerprint density at radius 1 is 0.610 bits per heavy atom. The molecule has 2 saturated heterocycles. The molecule has 0 saturated carbocycles. The minimum absolute atomic E-state index is 0.0701. The maximum atomic E-state index is 12.4. The number of sulfonamides is 3. The molecule has 4 aromatic rings. The highest BCUT2D eigenvalue weighted by Crippen LogP contribution is 2.32. The topological polar surface area (TPSA) is 169 Å². The molecule has 3 N–H and O–H groups in total. The van der Waals surface area contributed by atoms with Gasteiger partial charge in [0.2, 0.25) is 30.1 Å². The van der Waals surface area contributed by atoms with Gasteiger partial charge in [-0.25, -0.2) is 34.7 Å². The van der Waals surface area contributed by atoms with E-state index < -0.39 is 40.6 Å². The summed E-state index contributed by atoms with van der Waals surface area (Å²) in [4.78, 5) is 4.54. The lowest BCUT2D eigenvalue weighted by Gasteiger charge is -2.22. The van der Waals surface area contributed by atoms with Crippen LogP contribution in [0.4, 0.5) is 5.69 Å². The molecule has 2 aliphatic rings. The molecule has 59 heavy (non-hydrogen) atoms. The van der Waals surface area contributed by atoms with E-state index in [-0.39, 0.29) is 23.9 Å². The Kier molecular flexibility index (Phi) is 15.2. The Balaban J connectivity index is 0.000000225. The van der Waals surface area contributed by atoms with Crippen LogP contribution in [0.2, 0.25) is 0 Å². The van der Waals surface area contributed by atoms with Crippen molar-refractivity contribution in [2.75, 3.05) is 50.2 Å². The molecule has 0 radical (unpaired) electrons. The zero-order valence-electron chi connectivity index (χ0n) is 35.0. The van der Waals surface area contributed by atoms with Crippen molar-refractivity contribution in [2.24, 2.45) is 0 Å². The smallest absolute Gasteiger partial charge is 0.229 e. The van der Waals surface area contributed by atoms with E-state index in [1.807, 2.05) is 60.7 Å². The van der Waals surface area contributed by atoms with Crippen LogP contribution in [0, 0.1) is 11.3 Å². The number of hydrogen-bond acceptors (Lipinski definition) is 9. The van der Waals surface area contributed by atoms with Gasteiger partial charge >= 0.3 is 0 Å². The number of rotatable bonds is 14. The number of likely N-dealkylation sites (tertiary alicyclic amines) is 2. The molecule has 0 aromatic heterocycles. The normalized spacial score (nSPS) is 20.3. The van der Waals surface area contributed by atoms with Gasteiger partial charge in [0.15, 0.2) is 0 Å². The van der Waals surface area contributed by atoms with E-state index in [2.05, 4.69) is 68.1 Å². The van der Waals surface area contributed by atoms with Gasteiger partial charge in [0, 0.05) is 55.8 Å². The first-order valence-electron chi connectivity index (χ1n) is 20.1. The van der Waals surface area contributed by atoms with Crippen molar-refractivity contribution >= 4 is 35.8 Å². The Labute approximate surface area is 352 Å². The summed E-state index contributed by atoms with van der Waals surface area (Å²) in [5.41, 5.74) is 7.39. The Bertz CT molecular complexity index is 2400. The maximum absolute atomic E-state index is 12.4. The highest BCUT2D eigenvalue weighted by molar-refractivity contribution is 7.92. The van der Waals surface area contributed by atoms with Crippen molar-refractivity contribution in [1.29, 1.82) is 5.26 Å². The molecule has 12 nitrogen and oxygen atoms in total. The van der Waals surface area contributed by atoms with Crippen molar-refractivity contribution in [3.8, 4) is 28.3 Å². The molecular formula is C44H58N6O6S3. The van der Waals surface area contributed by atoms with Crippen LogP contribution in [0.3, 0.4) is 0 Å². The minimum Gasteiger partial charge on any atom is -0.301 e. The summed E-state index contributed by atoms with van der Waals surface area (Å²) >= 11 is 0. The van der Waals surface area contributed by atoms with Gasteiger partial charge in [0.1, 0.15) is 0 Å². The fourth-order valence-corrected chi connectivity index (χ4v) is 9.88. The van der Waals surface area contributed by atoms with E-state index in [9.17, 15) is 25.3 Å². The minimum atomic E-state index is -3.36. The monoisotopic (exact) mass is 862 g/mol. The van der Waals surface area contributed by atoms with Crippen LogP contribution < -0.4 is 14.2 Å². The number of nitrogens with one attached hydrogen (secondary N) is 3. The SMILES string of the molecule is CCN1C[C@@H](NS(=O)(=O)C(C)C)[C@H](c2ccc(-c3ccc(C#N)cc3)cc2)C1.CCN1C[C@@H](NS(=O)(=O)C(C)C)[C@H](c2ccc(-c3cccc(NS(C)(=O)=O)c3)cc2)C1. The number of hydrogen-bond donors (Lipinski definition) is 3. The molecular weight excluding hydrogens is 805 g/mol. The van der Waals surface area contributed by atoms with E-state index >= 15 is 0 Å². The third-order valence-electron chi connectivity index (χ3n) is 11.1. The lowest BCUT2D eigenvalue weighted by Crippen LogP contribution is -2.42. The van der Waals surface area contributed by atoms with Gasteiger partial charge in [0.25, 0.3) is 0 Å². The third-order valence-corrected chi connectivity index (χ3v) is 15.4. The van der Waals surface area contributed by atoms with E-state index in [1.54, 1.807) is 39.8 Å². The molecule has 318 valence electrons. The lowest BCUT2D eigenvalue weighted by molar-refractivity contribution is 0.348. The number of likely N-dealkylation sites (N-methyl/N-ethyl adjacent to an activating group) is 2. The molecule has 0 aliphatic carbocycles. The van der Waals surface area contributed by atoms with Crippen LogP contribution in [0.25, 0.3) is 22.3 Å². The molecule has 2 aliphatic heterocycles. The van der Waals surface area contributed by atoms with Gasteiger partial charge in [0.05, 0.1) is 28.4 Å². The Morgan fingerprint density at radius 2 is 1.02 bits per heavy atom. The summed E-state index contributed by atoms with van der Waals surface area (Å²) in [5, 5.41) is 8.02. The van der Waals surface area contributed by atoms with Gasteiger partial charge in [-0.1, -0.05) is 86.6 Å². The van der Waals surface area contributed by atoms with Gasteiger partial charge in [-0.05, 0) is 98.4 Å². The van der Waals surface area contributed by atoms with E-state index in [4.69, 9.17) is 5.26 Å². The number of benzene rings is 4. The molecule has 2 fully saturated rings. The van der Waals surface area contributed by atoms with E-state index in [0.29, 0.717) is 17.8 Å². The van der Waals surface area contributed by atoms with Crippen molar-refractivity contribution in [1.82, 2.24) is 19.2 Å². The predicted molar refractivity (Wildman–Crippen MR) is 239 cm³/mol. The van der Waals surface area contributed by atoms with Gasteiger partial charge in [-0.3, -0.25) is 4.72 Å². The Hall–Kier alpha value is -4.14. The largest absolute Gasteiger partial charge is 0.301 e. The summed E-state index contributed by atoms with van der Waals surface area (Å²) in [6, 6.07) is 33.0. The summed E-state index contributed by atoms with van der Waals surface area (Å²) in [6.45, 7) is 15.8. The van der Waals surface area contributed by atoms with Crippen LogP contribution in [0.5, 0.6) is 0 Å². The summed E-state index contributed by atoms with van der Waals surface area (Å²) < 4.78 is 81.0. The van der Waals surface area contributed by atoms with Crippen molar-refractivity contribution in [2.45, 2.75) is 76.0 Å². The van der Waals surface area contributed by atoms with Crippen molar-refractivity contribution in [3.63, 3.8) is 0 Å². The first-order chi connectivity index (χ1) is 27.8. The summed E-state index contributed by atoms with van der Waals surface area (Å²) in [6.07, 6.45) is 1.12. The maximum Gasteiger partial charge on any atom is 0.229 e. The van der Waals surface area contributed by atoms with Crippen molar-refractivity contribution < 1.29 is 25.3 Å². The Morgan fingerprint density at radius 3 is 1.39 bits per heavy atom. The second-order valence-electron chi connectivity index (χ2n) is 15.9. The first kappa shape index (κ1) is 45.9. The second-order valence-corrected chi connectivity index (χ2v) is 22.2. The van der Waals surface area contributed by atoms with E-state index in [1.165, 1.54) is 0 Å². The molecule has 0 amide bonds. The molecule has 0 unspecified atom stereocenters. The molecule has 2 heterocycles. The highest BCUT2D eigenvalue weighted by atomic mass is 32.2. The van der Waals surface area contributed by atoms with E-state index in [0.717, 1.165) is 72.4 Å². The van der Waals surface area contributed by atoms with Gasteiger partial charge < -0.3 is 9.80 Å². The quantitative estimate of drug-likeness (QED) is 0.134. The molecule has 4 atom stereocenters. The lowest BCUT2D eigenvalue weighted by atomic mass is 9.93. The van der Waals surface area contributed by atoms with Crippen LogP contribution in [0.1, 0.15) is 70.1 Å². The van der Waals surface area contributed by atoms with Gasteiger partial charge in [-0.2, -0.15) is 5.26 Å². The average molecular weight is 863 g/mol. The zero-order valence-corrected chi connectivity index (χ0v) is 37.4. The van der Waals surface area contributed by atoms with Gasteiger partial charge in [-0.15, -0.1) is 0 Å². The summed E-state index contributed by atoms with van der Waals surface area (Å²) in [5.74, 6) is 0.198. The zero-order chi connectivity index (χ0) is 43.1. The predicted octanol–water partition coefficient (Wildman–Crippen LogP) is 6.18. The van der Waals surface area contributed by atoms with Crippen molar-refractivity contribution in [3.05, 3.63) is 114 Å². The fraction of sp³-hybridized carbons (Fsp3) is 0.432. The van der Waals surface area contributed by atoms with Crippen LogP contribution >= 0.6 is 0 Å². The van der Waals surface area contributed by atoms with Crippen LogP contribution in [-0.2, 0) is 30.1 Å². The number of anilines is 1. The fourth-order valence-electron chi connectivity index (χ4n) is 7.45. The molecule has 0 bridgehead atoms.